The Bertz CT molecular complexity index is 844. The van der Waals surface area contributed by atoms with Gasteiger partial charge < -0.3 is 10.2 Å². The van der Waals surface area contributed by atoms with E-state index in [9.17, 15) is 22.4 Å². The molecule has 0 aliphatic carbocycles. The highest BCUT2D eigenvalue weighted by Crippen LogP contribution is 2.33. The molecule has 9 heteroatoms. The number of likely N-dealkylation sites (N-methyl/N-ethyl adjacent to an activating group) is 1. The van der Waals surface area contributed by atoms with Crippen LogP contribution in [0.4, 0.5) is 28.0 Å². The van der Waals surface area contributed by atoms with Gasteiger partial charge in [0.1, 0.15) is 5.82 Å². The predicted octanol–water partition coefficient (Wildman–Crippen LogP) is 4.37. The number of carbonyl (C=O) groups excluding carboxylic acids is 1. The second kappa shape index (κ2) is 8.77. The Labute approximate surface area is 166 Å². The molecule has 1 N–H and O–H groups in total. The molecular weight excluding hydrogens is 388 g/mol. The summed E-state index contributed by atoms with van der Waals surface area (Å²) in [7, 11) is 0. The van der Waals surface area contributed by atoms with Crippen LogP contribution in [-0.2, 0) is 12.7 Å². The van der Waals surface area contributed by atoms with Gasteiger partial charge in [0.2, 0.25) is 0 Å². The molecule has 1 aromatic heterocycles. The minimum atomic E-state index is -4.83. The van der Waals surface area contributed by atoms with E-state index in [1.165, 1.54) is 0 Å². The summed E-state index contributed by atoms with van der Waals surface area (Å²) in [5, 5.41) is 2.47. The fraction of sp³-hybridized carbons (Fsp3) is 0.400. The Kier molecular flexibility index (Phi) is 6.36. The third kappa shape index (κ3) is 5.23. The second-order valence-corrected chi connectivity index (χ2v) is 6.94. The third-order valence-corrected chi connectivity index (χ3v) is 4.97. The number of likely N-dealkylation sites (tertiary alicyclic amines) is 1. The summed E-state index contributed by atoms with van der Waals surface area (Å²) in [4.78, 5) is 20.5. The molecule has 1 fully saturated rings. The summed E-state index contributed by atoms with van der Waals surface area (Å²) in [6, 6.07) is 5.77. The van der Waals surface area contributed by atoms with Crippen molar-refractivity contribution >= 4 is 11.7 Å². The van der Waals surface area contributed by atoms with E-state index in [0.29, 0.717) is 25.2 Å². The molecule has 0 bridgehead atoms. The van der Waals surface area contributed by atoms with E-state index in [-0.39, 0.29) is 11.7 Å². The van der Waals surface area contributed by atoms with Gasteiger partial charge in [0.05, 0.1) is 5.56 Å². The highest BCUT2D eigenvalue weighted by molar-refractivity contribution is 5.89. The number of nitrogens with zero attached hydrogens (tertiary/aromatic N) is 3. The van der Waals surface area contributed by atoms with E-state index in [1.807, 2.05) is 19.1 Å². The molecular formula is C20H22F4N4O. The monoisotopic (exact) mass is 410 g/mol. The van der Waals surface area contributed by atoms with Gasteiger partial charge in [-0.1, -0.05) is 0 Å². The van der Waals surface area contributed by atoms with Gasteiger partial charge >= 0.3 is 12.2 Å². The molecule has 0 spiro atoms. The number of rotatable bonds is 5. The minimum absolute atomic E-state index is 0.0515. The summed E-state index contributed by atoms with van der Waals surface area (Å²) in [5.41, 5.74) is -0.365. The molecule has 1 aliphatic rings. The maximum absolute atomic E-state index is 13.4. The third-order valence-electron chi connectivity index (χ3n) is 4.97. The van der Waals surface area contributed by atoms with Gasteiger partial charge in [0, 0.05) is 50.3 Å². The molecule has 3 rings (SSSR count). The zero-order chi connectivity index (χ0) is 21.0. The number of anilines is 1. The number of pyridine rings is 1. The zero-order valence-electron chi connectivity index (χ0n) is 15.9. The summed E-state index contributed by atoms with van der Waals surface area (Å²) in [5.74, 6) is -1.37. The summed E-state index contributed by atoms with van der Waals surface area (Å²) in [6.45, 7) is 4.45. The molecule has 0 radical (unpaired) electrons. The first-order chi connectivity index (χ1) is 13.8. The van der Waals surface area contributed by atoms with Crippen LogP contribution in [0.2, 0.25) is 0 Å². The van der Waals surface area contributed by atoms with Crippen LogP contribution in [0, 0.1) is 5.82 Å². The van der Waals surface area contributed by atoms with E-state index < -0.39 is 23.6 Å². The van der Waals surface area contributed by atoms with Gasteiger partial charge in [0.25, 0.3) is 0 Å². The lowest BCUT2D eigenvalue weighted by molar-refractivity contribution is -0.139. The Morgan fingerprint density at radius 3 is 2.66 bits per heavy atom. The number of halogens is 4. The normalized spacial score (nSPS) is 17.3. The molecule has 156 valence electrons. The van der Waals surface area contributed by atoms with Crippen molar-refractivity contribution in [1.29, 1.82) is 0 Å². The fourth-order valence-corrected chi connectivity index (χ4v) is 3.54. The topological polar surface area (TPSA) is 48.5 Å². The van der Waals surface area contributed by atoms with Gasteiger partial charge in [0.15, 0.2) is 0 Å². The quantitative estimate of drug-likeness (QED) is 0.745. The molecule has 2 heterocycles. The number of benzene rings is 1. The summed E-state index contributed by atoms with van der Waals surface area (Å²) >= 11 is 0. The minimum Gasteiger partial charge on any atom is -0.320 e. The zero-order valence-corrected chi connectivity index (χ0v) is 15.9. The van der Waals surface area contributed by atoms with Gasteiger partial charge in [-0.25, -0.2) is 9.18 Å². The Morgan fingerprint density at radius 2 is 2.00 bits per heavy atom. The molecule has 1 aromatic carbocycles. The summed E-state index contributed by atoms with van der Waals surface area (Å²) < 4.78 is 52.1. The van der Waals surface area contributed by atoms with Gasteiger partial charge in [-0.3, -0.25) is 9.88 Å². The molecule has 1 aliphatic heterocycles. The largest absolute Gasteiger partial charge is 0.419 e. The van der Waals surface area contributed by atoms with E-state index >= 15 is 0 Å². The van der Waals surface area contributed by atoms with Crippen molar-refractivity contribution in [1.82, 2.24) is 14.8 Å². The first-order valence-corrected chi connectivity index (χ1v) is 9.33. The lowest BCUT2D eigenvalue weighted by Gasteiger charge is -2.28. The number of hydrogen-bond acceptors (Lipinski definition) is 3. The van der Waals surface area contributed by atoms with E-state index in [2.05, 4.69) is 15.2 Å². The number of aromatic nitrogens is 1. The maximum atomic E-state index is 13.4. The van der Waals surface area contributed by atoms with E-state index in [0.717, 1.165) is 31.1 Å². The average molecular weight is 410 g/mol. The Morgan fingerprint density at radius 1 is 1.28 bits per heavy atom. The smallest absolute Gasteiger partial charge is 0.320 e. The highest BCUT2D eigenvalue weighted by atomic mass is 19.4. The SMILES string of the molecule is CCN(C(=O)Nc1ccc(F)c(C(F)(F)F)c1)C1CCN(Cc2ccncc2)C1. The standard InChI is InChI=1S/C20H22F4N4O/c1-2-28(16-7-10-27(13-16)12-14-5-8-25-9-6-14)19(29)26-15-3-4-18(21)17(11-15)20(22,23)24/h3-6,8-9,11,16H,2,7,10,12-13H2,1H3,(H,26,29). The second-order valence-electron chi connectivity index (χ2n) is 6.94. The average Bonchev–Trinajstić information content (AvgIpc) is 3.12. The van der Waals surface area contributed by atoms with Crippen LogP contribution in [0.3, 0.4) is 0 Å². The van der Waals surface area contributed by atoms with Crippen molar-refractivity contribution in [2.75, 3.05) is 25.0 Å². The van der Waals surface area contributed by atoms with Crippen molar-refractivity contribution in [2.45, 2.75) is 32.1 Å². The molecule has 1 atom stereocenters. The number of amides is 2. The molecule has 1 unspecified atom stereocenters. The lowest BCUT2D eigenvalue weighted by Crippen LogP contribution is -2.44. The fourth-order valence-electron chi connectivity index (χ4n) is 3.54. The summed E-state index contributed by atoms with van der Waals surface area (Å²) in [6.07, 6.45) is -0.600. The van der Waals surface area contributed by atoms with E-state index in [4.69, 9.17) is 0 Å². The van der Waals surface area contributed by atoms with Crippen LogP contribution in [0.1, 0.15) is 24.5 Å². The molecule has 0 saturated carbocycles. The molecule has 5 nitrogen and oxygen atoms in total. The van der Waals surface area contributed by atoms with Crippen molar-refractivity contribution in [2.24, 2.45) is 0 Å². The molecule has 1 saturated heterocycles. The van der Waals surface area contributed by atoms with Crippen LogP contribution in [0.5, 0.6) is 0 Å². The Hall–Kier alpha value is -2.68. The number of urea groups is 1. The van der Waals surface area contributed by atoms with Crippen molar-refractivity contribution in [3.05, 3.63) is 59.7 Å². The predicted molar refractivity (Wildman–Crippen MR) is 101 cm³/mol. The van der Waals surface area contributed by atoms with Crippen LogP contribution >= 0.6 is 0 Å². The number of carbonyl (C=O) groups is 1. The van der Waals surface area contributed by atoms with Crippen molar-refractivity contribution in [3.63, 3.8) is 0 Å². The van der Waals surface area contributed by atoms with Crippen molar-refractivity contribution in [3.8, 4) is 0 Å². The molecule has 2 aromatic rings. The van der Waals surface area contributed by atoms with Crippen LogP contribution in [-0.4, -0.2) is 46.5 Å². The lowest BCUT2D eigenvalue weighted by atomic mass is 10.2. The molecule has 2 amide bonds. The molecule has 29 heavy (non-hydrogen) atoms. The maximum Gasteiger partial charge on any atom is 0.419 e. The number of nitrogens with one attached hydrogen (secondary N) is 1. The van der Waals surface area contributed by atoms with Crippen LogP contribution in [0.15, 0.2) is 42.7 Å². The van der Waals surface area contributed by atoms with Gasteiger partial charge in [-0.05, 0) is 49.2 Å². The highest BCUT2D eigenvalue weighted by Gasteiger charge is 2.35. The van der Waals surface area contributed by atoms with Crippen molar-refractivity contribution < 1.29 is 22.4 Å². The van der Waals surface area contributed by atoms with Crippen LogP contribution < -0.4 is 5.32 Å². The van der Waals surface area contributed by atoms with Gasteiger partial charge in [-0.15, -0.1) is 0 Å². The first kappa shape index (κ1) is 21.0. The van der Waals surface area contributed by atoms with Gasteiger partial charge in [-0.2, -0.15) is 13.2 Å². The Balaban J connectivity index is 1.64. The van der Waals surface area contributed by atoms with E-state index in [1.54, 1.807) is 17.3 Å². The number of alkyl halides is 3. The van der Waals surface area contributed by atoms with Crippen LogP contribution in [0.25, 0.3) is 0 Å². The first-order valence-electron chi connectivity index (χ1n) is 9.33. The number of hydrogen-bond donors (Lipinski definition) is 1.